The topological polar surface area (TPSA) is 12.4 Å². The van der Waals surface area contributed by atoms with Crippen LogP contribution in [0.15, 0.2) is 41.9 Å². The van der Waals surface area contributed by atoms with Crippen LogP contribution in [0.3, 0.4) is 0 Å². The van der Waals surface area contributed by atoms with Crippen LogP contribution in [0.2, 0.25) is 0 Å². The summed E-state index contributed by atoms with van der Waals surface area (Å²) in [5, 5.41) is 0. The van der Waals surface area contributed by atoms with E-state index < -0.39 is 0 Å². The van der Waals surface area contributed by atoms with Gasteiger partial charge in [0.15, 0.2) is 0 Å². The molecule has 1 nitrogen and oxygen atoms in total. The van der Waals surface area contributed by atoms with Crippen molar-refractivity contribution in [2.24, 2.45) is 4.99 Å². The fourth-order valence-corrected chi connectivity index (χ4v) is 0.957. The number of benzene rings is 1. The van der Waals surface area contributed by atoms with Crippen LogP contribution in [0.5, 0.6) is 0 Å². The number of hydrogen-bond donors (Lipinski definition) is 0. The monoisotopic (exact) mass is 157 g/mol. The summed E-state index contributed by atoms with van der Waals surface area (Å²) in [5.74, 6) is 0. The van der Waals surface area contributed by atoms with E-state index in [2.05, 4.69) is 31.6 Å². The molecule has 0 aliphatic carbocycles. The predicted octanol–water partition coefficient (Wildman–Crippen LogP) is 0.550. The average molecular weight is 157 g/mol. The van der Waals surface area contributed by atoms with Gasteiger partial charge in [-0.05, 0) is 5.56 Å². The Bertz CT molecular complexity index is 292. The maximum Gasteiger partial charge on any atom is 0.140 e. The van der Waals surface area contributed by atoms with Gasteiger partial charge in [0.25, 0.3) is 0 Å². The molecular formula is C10H12BN. The molecule has 0 fully saturated rings. The van der Waals surface area contributed by atoms with Crippen molar-refractivity contribution in [3.63, 3.8) is 0 Å². The molecule has 60 valence electrons. The summed E-state index contributed by atoms with van der Waals surface area (Å²) < 4.78 is 0. The standard InChI is InChI=1S/C10H12BN/c1-2-7-12-8-9-5-3-4-6-10(9)11/h2-6,8H,1,7,11H2/b12-8+. The fourth-order valence-electron chi connectivity index (χ4n) is 0.957. The second kappa shape index (κ2) is 4.55. The molecule has 0 aliphatic rings. The molecule has 0 unspecified atom stereocenters. The molecule has 0 bridgehead atoms. The van der Waals surface area contributed by atoms with Crippen molar-refractivity contribution in [3.8, 4) is 0 Å². The summed E-state index contributed by atoms with van der Waals surface area (Å²) in [6, 6.07) is 8.18. The minimum Gasteiger partial charge on any atom is -0.288 e. The predicted molar refractivity (Wildman–Crippen MR) is 57.3 cm³/mol. The van der Waals surface area contributed by atoms with E-state index in [1.165, 1.54) is 11.0 Å². The van der Waals surface area contributed by atoms with Gasteiger partial charge >= 0.3 is 0 Å². The van der Waals surface area contributed by atoms with Crippen LogP contribution in [0.1, 0.15) is 5.56 Å². The molecule has 0 aliphatic heterocycles. The zero-order valence-electron chi connectivity index (χ0n) is 7.33. The molecule has 1 aromatic carbocycles. The molecule has 1 aromatic rings. The van der Waals surface area contributed by atoms with Gasteiger partial charge in [0.1, 0.15) is 7.85 Å². The first-order valence-corrected chi connectivity index (χ1v) is 4.01. The zero-order valence-corrected chi connectivity index (χ0v) is 7.33. The lowest BCUT2D eigenvalue weighted by atomic mass is 9.91. The van der Waals surface area contributed by atoms with Gasteiger partial charge in [-0.25, -0.2) is 0 Å². The quantitative estimate of drug-likeness (QED) is 0.345. The minimum atomic E-state index is 0.689. The maximum absolute atomic E-state index is 4.18. The van der Waals surface area contributed by atoms with Gasteiger partial charge in [0, 0.05) is 6.21 Å². The average Bonchev–Trinajstić information content (AvgIpc) is 2.09. The Hall–Kier alpha value is -1.31. The van der Waals surface area contributed by atoms with E-state index in [1.54, 1.807) is 6.08 Å². The van der Waals surface area contributed by atoms with Gasteiger partial charge in [0.2, 0.25) is 0 Å². The van der Waals surface area contributed by atoms with Crippen LogP contribution >= 0.6 is 0 Å². The third-order valence-electron chi connectivity index (χ3n) is 1.65. The second-order valence-corrected chi connectivity index (χ2v) is 2.64. The van der Waals surface area contributed by atoms with Crippen molar-refractivity contribution in [2.75, 3.05) is 6.54 Å². The number of aliphatic imine (C=N–C) groups is 1. The third kappa shape index (κ3) is 2.38. The third-order valence-corrected chi connectivity index (χ3v) is 1.65. The van der Waals surface area contributed by atoms with Crippen LogP contribution in [-0.4, -0.2) is 20.6 Å². The molecule has 0 atom stereocenters. The van der Waals surface area contributed by atoms with Crippen LogP contribution in [0.4, 0.5) is 0 Å². The fraction of sp³-hybridized carbons (Fsp3) is 0.100. The number of nitrogens with zero attached hydrogens (tertiary/aromatic N) is 1. The van der Waals surface area contributed by atoms with Crippen molar-refractivity contribution in [1.82, 2.24) is 0 Å². The summed E-state index contributed by atoms with van der Waals surface area (Å²) in [6.07, 6.45) is 3.67. The van der Waals surface area contributed by atoms with Crippen molar-refractivity contribution >= 4 is 19.5 Å². The molecule has 0 amide bonds. The maximum atomic E-state index is 4.18. The van der Waals surface area contributed by atoms with E-state index in [-0.39, 0.29) is 0 Å². The van der Waals surface area contributed by atoms with Crippen LogP contribution in [0, 0.1) is 0 Å². The van der Waals surface area contributed by atoms with Crippen molar-refractivity contribution in [3.05, 3.63) is 42.5 Å². The highest BCUT2D eigenvalue weighted by Crippen LogP contribution is 1.90. The highest BCUT2D eigenvalue weighted by atomic mass is 14.7. The van der Waals surface area contributed by atoms with Gasteiger partial charge in [-0.1, -0.05) is 35.8 Å². The highest BCUT2D eigenvalue weighted by Gasteiger charge is 1.89. The summed E-state index contributed by atoms with van der Waals surface area (Å²) in [7, 11) is 2.08. The molecule has 0 heterocycles. The number of rotatable bonds is 3. The lowest BCUT2D eigenvalue weighted by Gasteiger charge is -1.96. The van der Waals surface area contributed by atoms with Gasteiger partial charge in [-0.2, -0.15) is 0 Å². The van der Waals surface area contributed by atoms with Crippen LogP contribution in [0.25, 0.3) is 0 Å². The first-order valence-electron chi connectivity index (χ1n) is 4.01. The normalized spacial score (nSPS) is 10.3. The molecule has 0 spiro atoms. The van der Waals surface area contributed by atoms with E-state index in [4.69, 9.17) is 0 Å². The number of hydrogen-bond acceptors (Lipinski definition) is 1. The van der Waals surface area contributed by atoms with Crippen molar-refractivity contribution in [1.29, 1.82) is 0 Å². The minimum absolute atomic E-state index is 0.689. The lowest BCUT2D eigenvalue weighted by molar-refractivity contribution is 1.26. The second-order valence-electron chi connectivity index (χ2n) is 2.64. The Labute approximate surface area is 74.2 Å². The molecule has 0 saturated carbocycles. The molecular weight excluding hydrogens is 145 g/mol. The van der Waals surface area contributed by atoms with E-state index in [9.17, 15) is 0 Å². The Morgan fingerprint density at radius 2 is 2.17 bits per heavy atom. The first-order chi connectivity index (χ1) is 5.84. The van der Waals surface area contributed by atoms with E-state index >= 15 is 0 Å². The van der Waals surface area contributed by atoms with Gasteiger partial charge in [-0.3, -0.25) is 4.99 Å². The van der Waals surface area contributed by atoms with Crippen molar-refractivity contribution in [2.45, 2.75) is 0 Å². The molecule has 0 N–H and O–H groups in total. The van der Waals surface area contributed by atoms with E-state index in [1.807, 2.05) is 18.3 Å². The van der Waals surface area contributed by atoms with Crippen LogP contribution < -0.4 is 5.46 Å². The summed E-state index contributed by atoms with van der Waals surface area (Å²) in [4.78, 5) is 4.18. The van der Waals surface area contributed by atoms with E-state index in [0.717, 1.165) is 0 Å². The van der Waals surface area contributed by atoms with E-state index in [0.29, 0.717) is 6.54 Å². The Balaban J connectivity index is 2.74. The Morgan fingerprint density at radius 1 is 1.42 bits per heavy atom. The Morgan fingerprint density at radius 3 is 2.83 bits per heavy atom. The SMILES string of the molecule is Bc1ccccc1/C=N/CC=C. The summed E-state index contributed by atoms with van der Waals surface area (Å²) in [6.45, 7) is 4.29. The van der Waals surface area contributed by atoms with Gasteiger partial charge in [-0.15, -0.1) is 6.58 Å². The molecule has 0 radical (unpaired) electrons. The Kier molecular flexibility index (Phi) is 3.33. The van der Waals surface area contributed by atoms with Crippen molar-refractivity contribution < 1.29 is 0 Å². The zero-order chi connectivity index (χ0) is 8.81. The lowest BCUT2D eigenvalue weighted by Crippen LogP contribution is -2.08. The molecule has 2 heteroatoms. The van der Waals surface area contributed by atoms with Gasteiger partial charge in [0.05, 0.1) is 6.54 Å². The molecule has 1 rings (SSSR count). The summed E-state index contributed by atoms with van der Waals surface area (Å²) in [5.41, 5.74) is 2.43. The van der Waals surface area contributed by atoms with Crippen LogP contribution in [-0.2, 0) is 0 Å². The first kappa shape index (κ1) is 8.79. The highest BCUT2D eigenvalue weighted by molar-refractivity contribution is 6.35. The largest absolute Gasteiger partial charge is 0.288 e. The smallest absolute Gasteiger partial charge is 0.140 e. The molecule has 0 saturated heterocycles. The van der Waals surface area contributed by atoms with Gasteiger partial charge < -0.3 is 0 Å². The summed E-state index contributed by atoms with van der Waals surface area (Å²) >= 11 is 0. The molecule has 0 aromatic heterocycles. The molecule has 12 heavy (non-hydrogen) atoms.